The molecule has 0 saturated heterocycles. The monoisotopic (exact) mass is 354 g/mol. The third kappa shape index (κ3) is 4.12. The van der Waals surface area contributed by atoms with Crippen LogP contribution in [0.4, 0.5) is 4.39 Å². The lowest BCUT2D eigenvalue weighted by atomic mass is 9.96. The number of nitrogens with one attached hydrogen (secondary N) is 1. The first-order valence-electron chi connectivity index (χ1n) is 8.12. The Hall–Kier alpha value is -2.53. The van der Waals surface area contributed by atoms with E-state index in [-0.39, 0.29) is 23.7 Å². The minimum absolute atomic E-state index is 0.168. The van der Waals surface area contributed by atoms with Gasteiger partial charge in [0.05, 0.1) is 6.04 Å². The number of nitrogens with zero attached hydrogens (tertiary/aromatic N) is 1. The summed E-state index contributed by atoms with van der Waals surface area (Å²) in [5.74, 6) is -0.340. The number of hydrogen-bond donors (Lipinski definition) is 1. The highest BCUT2D eigenvalue weighted by Crippen LogP contribution is 2.25. The smallest absolute Gasteiger partial charge is 0.271 e. The first kappa shape index (κ1) is 17.3. The second-order valence-electron chi connectivity index (χ2n) is 6.15. The zero-order valence-electron chi connectivity index (χ0n) is 14.1. The van der Waals surface area contributed by atoms with E-state index in [0.717, 1.165) is 16.1 Å². The van der Waals surface area contributed by atoms with Gasteiger partial charge in [0.1, 0.15) is 16.5 Å². The van der Waals surface area contributed by atoms with Crippen LogP contribution in [-0.2, 0) is 0 Å². The maximum absolute atomic E-state index is 13.1. The first-order valence-corrected chi connectivity index (χ1v) is 9.00. The molecule has 128 valence electrons. The van der Waals surface area contributed by atoms with Crippen LogP contribution in [0.2, 0.25) is 0 Å². The normalized spacial score (nSPS) is 12.2. The fraction of sp³-hybridized carbons (Fsp3) is 0.200. The summed E-state index contributed by atoms with van der Waals surface area (Å²) in [7, 11) is 0. The Labute approximate surface area is 150 Å². The Morgan fingerprint density at radius 1 is 1.08 bits per heavy atom. The largest absolute Gasteiger partial charge is 0.344 e. The van der Waals surface area contributed by atoms with Crippen LogP contribution >= 0.6 is 11.3 Å². The molecule has 3 nitrogen and oxygen atoms in total. The number of carbonyl (C=O) groups is 1. The molecule has 1 N–H and O–H groups in total. The molecule has 1 aromatic heterocycles. The molecule has 0 saturated carbocycles. The minimum atomic E-state index is -0.287. The Kier molecular flexibility index (Phi) is 5.24. The van der Waals surface area contributed by atoms with E-state index in [2.05, 4.69) is 10.3 Å². The molecule has 1 unspecified atom stereocenters. The summed E-state index contributed by atoms with van der Waals surface area (Å²) >= 11 is 1.44. The molecule has 25 heavy (non-hydrogen) atoms. The summed E-state index contributed by atoms with van der Waals surface area (Å²) in [6.07, 6.45) is 0. The van der Waals surface area contributed by atoms with Gasteiger partial charge >= 0.3 is 0 Å². The van der Waals surface area contributed by atoms with Crippen molar-refractivity contribution in [3.05, 3.63) is 77.1 Å². The number of hydrogen-bond acceptors (Lipinski definition) is 3. The highest BCUT2D eigenvalue weighted by molar-refractivity contribution is 7.13. The molecular formula is C20H19FN2OS. The van der Waals surface area contributed by atoms with Gasteiger partial charge in [-0.2, -0.15) is 0 Å². The molecule has 3 aromatic rings. The van der Waals surface area contributed by atoms with Gasteiger partial charge < -0.3 is 5.32 Å². The molecule has 5 heteroatoms. The number of rotatable bonds is 5. The van der Waals surface area contributed by atoms with Gasteiger partial charge in [0.15, 0.2) is 0 Å². The van der Waals surface area contributed by atoms with E-state index in [9.17, 15) is 9.18 Å². The van der Waals surface area contributed by atoms with Gasteiger partial charge in [-0.15, -0.1) is 11.3 Å². The summed E-state index contributed by atoms with van der Waals surface area (Å²) in [5.41, 5.74) is 2.27. The van der Waals surface area contributed by atoms with Crippen molar-refractivity contribution in [3.63, 3.8) is 0 Å². The van der Waals surface area contributed by atoms with E-state index >= 15 is 0 Å². The Balaban J connectivity index is 1.78. The molecule has 0 aliphatic rings. The predicted molar refractivity (Wildman–Crippen MR) is 99.0 cm³/mol. The van der Waals surface area contributed by atoms with Crippen LogP contribution in [0.5, 0.6) is 0 Å². The maximum atomic E-state index is 13.1. The van der Waals surface area contributed by atoms with Crippen molar-refractivity contribution in [1.82, 2.24) is 10.3 Å². The van der Waals surface area contributed by atoms with Crippen molar-refractivity contribution in [2.24, 2.45) is 5.92 Å². The van der Waals surface area contributed by atoms with Crippen LogP contribution < -0.4 is 5.32 Å². The quantitative estimate of drug-likeness (QED) is 0.694. The molecule has 3 rings (SSSR count). The van der Waals surface area contributed by atoms with Crippen molar-refractivity contribution >= 4 is 17.2 Å². The number of halogens is 1. The number of thiazole rings is 1. The summed E-state index contributed by atoms with van der Waals surface area (Å²) < 4.78 is 13.1. The van der Waals surface area contributed by atoms with Crippen LogP contribution in [0.25, 0.3) is 10.6 Å². The summed E-state index contributed by atoms with van der Waals surface area (Å²) in [6, 6.07) is 15.8. The molecule has 1 heterocycles. The molecule has 0 aliphatic heterocycles. The van der Waals surface area contributed by atoms with Crippen LogP contribution in [0.3, 0.4) is 0 Å². The van der Waals surface area contributed by atoms with Crippen LogP contribution in [0, 0.1) is 11.7 Å². The molecular weight excluding hydrogens is 335 g/mol. The summed E-state index contributed by atoms with van der Waals surface area (Å²) in [5, 5.41) is 5.59. The Morgan fingerprint density at radius 2 is 1.76 bits per heavy atom. The van der Waals surface area contributed by atoms with E-state index in [1.54, 1.807) is 17.5 Å². The number of carbonyl (C=O) groups excluding carboxylic acids is 1. The minimum Gasteiger partial charge on any atom is -0.344 e. The van der Waals surface area contributed by atoms with E-state index in [0.29, 0.717) is 5.69 Å². The van der Waals surface area contributed by atoms with Gasteiger partial charge in [-0.3, -0.25) is 4.79 Å². The third-order valence-corrected chi connectivity index (χ3v) is 4.83. The van der Waals surface area contributed by atoms with Crippen LogP contribution in [-0.4, -0.2) is 10.9 Å². The van der Waals surface area contributed by atoms with Crippen molar-refractivity contribution in [2.75, 3.05) is 0 Å². The average Bonchev–Trinajstić information content (AvgIpc) is 3.11. The summed E-state index contributed by atoms with van der Waals surface area (Å²) in [6.45, 7) is 4.04. The average molecular weight is 354 g/mol. The SMILES string of the molecule is CC(C)C(NC(=O)c1csc(-c2ccccc2)n1)c1ccc(F)cc1. The fourth-order valence-electron chi connectivity index (χ4n) is 2.61. The van der Waals surface area contributed by atoms with Crippen LogP contribution in [0.1, 0.15) is 35.9 Å². The Bertz CT molecular complexity index is 844. The summed E-state index contributed by atoms with van der Waals surface area (Å²) in [4.78, 5) is 17.1. The van der Waals surface area contributed by atoms with E-state index in [4.69, 9.17) is 0 Å². The molecule has 1 atom stereocenters. The maximum Gasteiger partial charge on any atom is 0.271 e. The zero-order chi connectivity index (χ0) is 17.8. The number of amides is 1. The van der Waals surface area contributed by atoms with Gasteiger partial charge in [0.25, 0.3) is 5.91 Å². The first-order chi connectivity index (χ1) is 12.0. The van der Waals surface area contributed by atoms with E-state index in [1.165, 1.54) is 23.5 Å². The molecule has 0 aliphatic carbocycles. The highest BCUT2D eigenvalue weighted by atomic mass is 32.1. The topological polar surface area (TPSA) is 42.0 Å². The standard InChI is InChI=1S/C20H19FN2OS/c1-13(2)18(14-8-10-16(21)11-9-14)23-19(24)17-12-25-20(22-17)15-6-4-3-5-7-15/h3-13,18H,1-2H3,(H,23,24). The highest BCUT2D eigenvalue weighted by Gasteiger charge is 2.21. The van der Waals surface area contributed by atoms with Crippen molar-refractivity contribution in [2.45, 2.75) is 19.9 Å². The van der Waals surface area contributed by atoms with E-state index in [1.807, 2.05) is 44.2 Å². The van der Waals surface area contributed by atoms with Crippen LogP contribution in [0.15, 0.2) is 60.0 Å². The van der Waals surface area contributed by atoms with Gasteiger partial charge in [0, 0.05) is 10.9 Å². The number of benzene rings is 2. The second kappa shape index (κ2) is 7.57. The zero-order valence-corrected chi connectivity index (χ0v) is 14.9. The Morgan fingerprint density at radius 3 is 2.40 bits per heavy atom. The van der Waals surface area contributed by atoms with E-state index < -0.39 is 0 Å². The lowest BCUT2D eigenvalue weighted by molar-refractivity contribution is 0.0921. The predicted octanol–water partition coefficient (Wildman–Crippen LogP) is 5.08. The lowest BCUT2D eigenvalue weighted by Gasteiger charge is -2.22. The molecule has 0 bridgehead atoms. The lowest BCUT2D eigenvalue weighted by Crippen LogP contribution is -2.32. The number of aromatic nitrogens is 1. The molecule has 1 amide bonds. The van der Waals surface area contributed by atoms with Gasteiger partial charge in [-0.05, 0) is 23.6 Å². The third-order valence-electron chi connectivity index (χ3n) is 3.94. The molecule has 0 radical (unpaired) electrons. The van der Waals surface area contributed by atoms with Crippen molar-refractivity contribution < 1.29 is 9.18 Å². The fourth-order valence-corrected chi connectivity index (χ4v) is 3.42. The van der Waals surface area contributed by atoms with Gasteiger partial charge in [0.2, 0.25) is 0 Å². The second-order valence-corrected chi connectivity index (χ2v) is 7.01. The molecule has 0 spiro atoms. The van der Waals surface area contributed by atoms with Gasteiger partial charge in [-0.1, -0.05) is 56.3 Å². The molecule has 0 fully saturated rings. The van der Waals surface area contributed by atoms with Gasteiger partial charge in [-0.25, -0.2) is 9.37 Å². The van der Waals surface area contributed by atoms with Crippen molar-refractivity contribution in [3.8, 4) is 10.6 Å². The van der Waals surface area contributed by atoms with Crippen molar-refractivity contribution in [1.29, 1.82) is 0 Å². The molecule has 2 aromatic carbocycles.